The van der Waals surface area contributed by atoms with E-state index in [0.29, 0.717) is 0 Å². The van der Waals surface area contributed by atoms with Crippen molar-refractivity contribution in [1.82, 2.24) is 0 Å². The molecule has 0 aromatic rings. The van der Waals surface area contributed by atoms with Gasteiger partial charge in [0.1, 0.15) is 37.1 Å². The van der Waals surface area contributed by atoms with Gasteiger partial charge in [-0.2, -0.15) is 58.9 Å². The van der Waals surface area contributed by atoms with Crippen LogP contribution in [-0.4, -0.2) is 178 Å². The average Bonchev–Trinajstić information content (AvgIpc) is 3.15. The Morgan fingerprint density at radius 1 is 0.482 bits per heavy atom. The average molecular weight is 1000 g/mol. The fourth-order valence-electron chi connectivity index (χ4n) is 4.24. The van der Waals surface area contributed by atoms with Crippen LogP contribution in [0.3, 0.4) is 0 Å². The van der Waals surface area contributed by atoms with E-state index < -0.39 is 158 Å². The summed E-state index contributed by atoms with van der Waals surface area (Å²) < 4.78 is 308. The molecule has 0 spiro atoms. The van der Waals surface area contributed by atoms with Gasteiger partial charge in [0.15, 0.2) is 18.5 Å². The molecular formula is C12H21NaO35S8. The van der Waals surface area contributed by atoms with Gasteiger partial charge in [-0.25, -0.2) is 37.7 Å². The van der Waals surface area contributed by atoms with Gasteiger partial charge in [-0.05, 0) is 0 Å². The molecule has 44 heteroatoms. The normalized spacial score (nSPS) is 30.1. The summed E-state index contributed by atoms with van der Waals surface area (Å²) in [5.41, 5.74) is 0. The Morgan fingerprint density at radius 2 is 0.875 bits per heavy atom. The molecule has 0 amide bonds. The summed E-state index contributed by atoms with van der Waals surface area (Å²) in [7, 11) is -48.6. The molecule has 0 unspecified atom stereocenters. The minimum absolute atomic E-state index is 0. The van der Waals surface area contributed by atoms with Crippen LogP contribution >= 0.6 is 0 Å². The SMILES string of the molecule is O=S(=O)([O-])OC[C@H]1O[C@@](COS(=O)(=O)O)(O[C@H]2O[C@H](COS(=O)(=O)O)[C@@H](OS(=O)(=O)O)[C@H](OS(=O)(=O)O)[C@H]2OS(=O)(=O)O)[C@@H](OS(=O)(=O)O)[C@@H]1OS(=O)(=O)O.[Na+]. The van der Waals surface area contributed by atoms with E-state index in [2.05, 4.69) is 33.5 Å². The predicted octanol–water partition coefficient (Wildman–Crippen LogP) is -10.1. The van der Waals surface area contributed by atoms with E-state index in [9.17, 15) is 99.2 Å². The fourth-order valence-corrected chi connectivity index (χ4v) is 7.67. The summed E-state index contributed by atoms with van der Waals surface area (Å²) >= 11 is 0. The van der Waals surface area contributed by atoms with Crippen molar-refractivity contribution in [2.45, 2.75) is 54.8 Å². The summed E-state index contributed by atoms with van der Waals surface area (Å²) in [5, 5.41) is 0. The molecule has 2 saturated heterocycles. The van der Waals surface area contributed by atoms with E-state index >= 15 is 0 Å². The zero-order valence-electron chi connectivity index (χ0n) is 26.1. The van der Waals surface area contributed by atoms with Gasteiger partial charge in [-0.3, -0.25) is 36.1 Å². The van der Waals surface area contributed by atoms with E-state index in [1.807, 2.05) is 0 Å². The molecule has 2 rings (SSSR count). The van der Waals surface area contributed by atoms with Crippen LogP contribution in [0.1, 0.15) is 0 Å². The zero-order chi connectivity index (χ0) is 43.0. The molecule has 0 aromatic heterocycles. The van der Waals surface area contributed by atoms with E-state index in [1.54, 1.807) is 0 Å². The molecule has 7 N–H and O–H groups in total. The molecule has 35 nitrogen and oxygen atoms in total. The maximum atomic E-state index is 11.9. The van der Waals surface area contributed by atoms with Crippen LogP contribution in [0.25, 0.3) is 0 Å². The monoisotopic (exact) mass is 1000 g/mol. The number of rotatable bonds is 21. The van der Waals surface area contributed by atoms with Crippen molar-refractivity contribution >= 4 is 83.2 Å². The first-order valence-corrected chi connectivity index (χ1v) is 23.2. The Labute approximate surface area is 336 Å². The van der Waals surface area contributed by atoms with Crippen LogP contribution in [0.4, 0.5) is 0 Å². The van der Waals surface area contributed by atoms with Crippen molar-refractivity contribution in [3.05, 3.63) is 0 Å². The second-order valence-electron chi connectivity index (χ2n) is 9.62. The van der Waals surface area contributed by atoms with Crippen molar-refractivity contribution in [2.24, 2.45) is 0 Å². The molecule has 56 heavy (non-hydrogen) atoms. The van der Waals surface area contributed by atoms with E-state index in [4.69, 9.17) is 18.8 Å². The predicted molar refractivity (Wildman–Crippen MR) is 150 cm³/mol. The molecule has 2 aliphatic rings. The number of ether oxygens (including phenoxy) is 3. The Balaban J connectivity index is 0.0000157. The third kappa shape index (κ3) is 19.5. The van der Waals surface area contributed by atoms with Gasteiger partial charge in [-0.1, -0.05) is 0 Å². The number of hydrogen-bond acceptors (Lipinski definition) is 28. The summed E-state index contributed by atoms with van der Waals surface area (Å²) in [5.74, 6) is -4.14. The topological polar surface area (TPSA) is 539 Å². The first-order valence-electron chi connectivity index (χ1n) is 12.3. The van der Waals surface area contributed by atoms with Crippen molar-refractivity contribution in [2.75, 3.05) is 19.8 Å². The molecule has 0 aromatic carbocycles. The molecule has 0 bridgehead atoms. The third-order valence-electron chi connectivity index (χ3n) is 5.68. The van der Waals surface area contributed by atoms with Crippen LogP contribution in [-0.2, 0) is 131 Å². The summed E-state index contributed by atoms with van der Waals surface area (Å²) in [6.45, 7) is -6.33. The van der Waals surface area contributed by atoms with Gasteiger partial charge in [-0.15, -0.1) is 0 Å². The molecule has 2 aliphatic heterocycles. The van der Waals surface area contributed by atoms with Crippen LogP contribution in [0, 0.1) is 0 Å². The molecular weight excluding hydrogens is 984 g/mol. The maximum Gasteiger partial charge on any atom is 1.00 e. The van der Waals surface area contributed by atoms with Crippen LogP contribution in [0.15, 0.2) is 0 Å². The van der Waals surface area contributed by atoms with Crippen LogP contribution in [0.2, 0.25) is 0 Å². The van der Waals surface area contributed by atoms with Gasteiger partial charge >= 0.3 is 102 Å². The molecule has 9 atom stereocenters. The van der Waals surface area contributed by atoms with Crippen LogP contribution in [0.5, 0.6) is 0 Å². The third-order valence-corrected chi connectivity index (χ3v) is 9.27. The quantitative estimate of drug-likeness (QED) is 0.0319. The molecule has 2 fully saturated rings. The first-order chi connectivity index (χ1) is 24.2. The molecule has 0 saturated carbocycles. The van der Waals surface area contributed by atoms with Crippen molar-refractivity contribution in [3.63, 3.8) is 0 Å². The van der Waals surface area contributed by atoms with Crippen LogP contribution < -0.4 is 29.6 Å². The molecule has 328 valence electrons. The zero-order valence-corrected chi connectivity index (χ0v) is 34.6. The van der Waals surface area contributed by atoms with E-state index in [0.717, 1.165) is 0 Å². The second-order valence-corrected chi connectivity index (χ2v) is 18.1. The Kier molecular flexibility index (Phi) is 18.1. The summed E-state index contributed by atoms with van der Waals surface area (Å²) in [6, 6.07) is 0. The van der Waals surface area contributed by atoms with Gasteiger partial charge in [0.25, 0.3) is 0 Å². The fraction of sp³-hybridized carbons (Fsp3) is 1.00. The minimum Gasteiger partial charge on any atom is -0.726 e. The van der Waals surface area contributed by atoms with E-state index in [-0.39, 0.29) is 29.6 Å². The summed E-state index contributed by atoms with van der Waals surface area (Å²) in [4.78, 5) is 0. The van der Waals surface area contributed by atoms with Gasteiger partial charge in [0.05, 0.1) is 13.2 Å². The minimum atomic E-state index is -6.25. The van der Waals surface area contributed by atoms with Gasteiger partial charge < -0.3 is 18.8 Å². The van der Waals surface area contributed by atoms with Gasteiger partial charge in [0, 0.05) is 0 Å². The Hall–Kier alpha value is -0.160. The molecule has 2 heterocycles. The van der Waals surface area contributed by atoms with Crippen molar-refractivity contribution in [3.8, 4) is 0 Å². The molecule has 0 radical (unpaired) electrons. The second kappa shape index (κ2) is 18.8. The van der Waals surface area contributed by atoms with Crippen molar-refractivity contribution in [1.29, 1.82) is 0 Å². The smallest absolute Gasteiger partial charge is 0.726 e. The Bertz CT molecular complexity index is 2280. The van der Waals surface area contributed by atoms with E-state index in [1.165, 1.54) is 0 Å². The van der Waals surface area contributed by atoms with Gasteiger partial charge in [0.2, 0.25) is 16.2 Å². The Morgan fingerprint density at radius 3 is 1.29 bits per heavy atom. The standard InChI is InChI=1S/C12H22O35S8.Na/c13-48(14,15)37-1-4-6(43-51(22,23)24)8(45-53(28,29)30)9(46-54(31,32)33)11(40-4)42-12(3-39-50(19,20)21)10(47-55(34,35)36)7(44-52(25,26)27)5(41-12)2-38-49(16,17)18;/h4-11H,1-3H2,(H,13,14,15)(H,16,17,18)(H,19,20,21)(H,22,23,24)(H,25,26,27)(H,28,29,30)(H,31,32,33)(H,34,35,36);/q;+1/p-1/t4-,5-,6-,7-,8+,9-,10+,11-,12+;/m1./s1. The number of hydrogen-bond donors (Lipinski definition) is 7. The first kappa shape index (κ1) is 53.9. The largest absolute Gasteiger partial charge is 1.00 e. The molecule has 0 aliphatic carbocycles. The summed E-state index contributed by atoms with van der Waals surface area (Å²) in [6.07, 6.45) is -26.2. The maximum absolute atomic E-state index is 11.9. The van der Waals surface area contributed by atoms with Crippen molar-refractivity contribution < 1.29 is 181 Å².